The van der Waals surface area contributed by atoms with Crippen LogP contribution in [0.3, 0.4) is 0 Å². The van der Waals surface area contributed by atoms with Crippen molar-refractivity contribution in [3.8, 4) is 11.4 Å². The van der Waals surface area contributed by atoms with Crippen LogP contribution in [0.2, 0.25) is 0 Å². The lowest BCUT2D eigenvalue weighted by atomic mass is 10.1. The number of benzene rings is 3. The fraction of sp³-hybridized carbons (Fsp3) is 0.107. The third-order valence-electron chi connectivity index (χ3n) is 5.90. The van der Waals surface area contributed by atoms with Crippen molar-refractivity contribution in [1.82, 2.24) is 25.5 Å². The number of amides is 2. The summed E-state index contributed by atoms with van der Waals surface area (Å²) in [6, 6.07) is 18.7. The van der Waals surface area contributed by atoms with Crippen molar-refractivity contribution in [2.24, 2.45) is 0 Å². The predicted molar refractivity (Wildman–Crippen MR) is 142 cm³/mol. The van der Waals surface area contributed by atoms with Crippen molar-refractivity contribution < 1.29 is 22.8 Å². The number of hydrogen-bond acceptors (Lipinski definition) is 6. The molecule has 40 heavy (non-hydrogen) atoms. The molecular formula is C28H21F3N6O2S. The lowest BCUT2D eigenvalue weighted by Gasteiger charge is -2.30. The average molecular weight is 563 g/mol. The molecule has 0 bridgehead atoms. The van der Waals surface area contributed by atoms with Gasteiger partial charge in [-0.15, -0.1) is 21.5 Å². The van der Waals surface area contributed by atoms with Crippen molar-refractivity contribution in [2.45, 2.75) is 19.1 Å². The Kier molecular flexibility index (Phi) is 7.97. The molecule has 8 nitrogen and oxygen atoms in total. The highest BCUT2D eigenvalue weighted by atomic mass is 32.1. The molecule has 0 radical (unpaired) electrons. The van der Waals surface area contributed by atoms with E-state index in [1.807, 2.05) is 0 Å². The van der Waals surface area contributed by atoms with Gasteiger partial charge in [-0.2, -0.15) is 4.80 Å². The SMILES string of the molecule is O=C(NCc1ccc(F)cc1)[C@H](c1cccs1)N(C(=O)Cn1nnc(-c2ccc(F)cc2)n1)c1ccc(F)cc1. The van der Waals surface area contributed by atoms with E-state index < -0.39 is 41.9 Å². The van der Waals surface area contributed by atoms with E-state index in [-0.39, 0.29) is 18.1 Å². The summed E-state index contributed by atoms with van der Waals surface area (Å²) in [6.45, 7) is -0.295. The highest BCUT2D eigenvalue weighted by molar-refractivity contribution is 7.10. The van der Waals surface area contributed by atoms with Crippen LogP contribution >= 0.6 is 11.3 Å². The summed E-state index contributed by atoms with van der Waals surface area (Å²) in [5, 5.41) is 16.7. The standard InChI is InChI=1S/C28H21F3N6O2S/c29-20-7-3-18(4-8-20)16-32-28(39)26(24-2-1-15-40-24)37(23-13-11-22(31)12-14-23)25(38)17-36-34-27(33-35-36)19-5-9-21(30)10-6-19/h1-15,26H,16-17H2,(H,32,39)/t26-/m0/s1. The Balaban J connectivity index is 1.44. The molecule has 5 aromatic rings. The van der Waals surface area contributed by atoms with Gasteiger partial charge < -0.3 is 5.32 Å². The Bertz CT molecular complexity index is 1590. The summed E-state index contributed by atoms with van der Waals surface area (Å²) in [7, 11) is 0. The number of halogens is 3. The number of nitrogens with one attached hydrogen (secondary N) is 1. The molecule has 12 heteroatoms. The van der Waals surface area contributed by atoms with Crippen LogP contribution in [0.5, 0.6) is 0 Å². The van der Waals surface area contributed by atoms with Gasteiger partial charge in [0.05, 0.1) is 0 Å². The van der Waals surface area contributed by atoms with Crippen molar-refractivity contribution >= 4 is 28.8 Å². The normalized spacial score (nSPS) is 11.7. The van der Waals surface area contributed by atoms with Crippen molar-refractivity contribution in [3.63, 3.8) is 0 Å². The van der Waals surface area contributed by atoms with E-state index in [0.29, 0.717) is 16.0 Å². The molecule has 0 saturated carbocycles. The number of hydrogen-bond donors (Lipinski definition) is 1. The van der Waals surface area contributed by atoms with Gasteiger partial charge in [-0.1, -0.05) is 18.2 Å². The Hall–Kier alpha value is -4.84. The summed E-state index contributed by atoms with van der Waals surface area (Å²) in [5.74, 6) is -2.20. The Morgan fingerprint density at radius 1 is 0.875 bits per heavy atom. The maximum Gasteiger partial charge on any atom is 0.251 e. The molecule has 0 unspecified atom stereocenters. The van der Waals surface area contributed by atoms with Gasteiger partial charge in [0, 0.05) is 22.7 Å². The van der Waals surface area contributed by atoms with Crippen LogP contribution in [0.1, 0.15) is 16.5 Å². The zero-order valence-electron chi connectivity index (χ0n) is 20.7. The van der Waals surface area contributed by atoms with Crippen LogP contribution in [-0.4, -0.2) is 32.0 Å². The largest absolute Gasteiger partial charge is 0.350 e. The third kappa shape index (κ3) is 6.24. The highest BCUT2D eigenvalue weighted by Crippen LogP contribution is 2.31. The van der Waals surface area contributed by atoms with Gasteiger partial charge >= 0.3 is 0 Å². The minimum Gasteiger partial charge on any atom is -0.350 e. The predicted octanol–water partition coefficient (Wildman–Crippen LogP) is 4.91. The number of carbonyl (C=O) groups is 2. The van der Waals surface area contributed by atoms with E-state index in [2.05, 4.69) is 20.7 Å². The molecule has 2 amide bonds. The van der Waals surface area contributed by atoms with Gasteiger partial charge in [-0.05, 0) is 82.9 Å². The van der Waals surface area contributed by atoms with E-state index in [9.17, 15) is 22.8 Å². The molecule has 3 aromatic carbocycles. The summed E-state index contributed by atoms with van der Waals surface area (Å²) in [4.78, 5) is 30.3. The lowest BCUT2D eigenvalue weighted by molar-refractivity contribution is -0.127. The first kappa shape index (κ1) is 26.8. The quantitative estimate of drug-likeness (QED) is 0.276. The van der Waals surface area contributed by atoms with E-state index in [1.54, 1.807) is 29.6 Å². The molecule has 2 aromatic heterocycles. The first-order valence-electron chi connectivity index (χ1n) is 12.0. The molecule has 2 heterocycles. The maximum atomic E-state index is 13.8. The third-order valence-corrected chi connectivity index (χ3v) is 6.83. The van der Waals surface area contributed by atoms with Crippen LogP contribution in [0.4, 0.5) is 18.9 Å². The van der Waals surface area contributed by atoms with E-state index in [0.717, 1.165) is 4.80 Å². The molecule has 0 fully saturated rings. The summed E-state index contributed by atoms with van der Waals surface area (Å²) in [6.07, 6.45) is 0. The second kappa shape index (κ2) is 11.9. The first-order chi connectivity index (χ1) is 19.4. The molecule has 0 aliphatic carbocycles. The fourth-order valence-electron chi connectivity index (χ4n) is 3.97. The number of thiophene rings is 1. The monoisotopic (exact) mass is 562 g/mol. The Morgan fingerprint density at radius 2 is 1.50 bits per heavy atom. The number of tetrazole rings is 1. The second-order valence-corrected chi connectivity index (χ2v) is 9.63. The second-order valence-electron chi connectivity index (χ2n) is 8.65. The van der Waals surface area contributed by atoms with Crippen LogP contribution in [-0.2, 0) is 22.7 Å². The Labute approximate surface area is 230 Å². The van der Waals surface area contributed by atoms with E-state index >= 15 is 0 Å². The van der Waals surface area contributed by atoms with Crippen LogP contribution in [0, 0.1) is 17.5 Å². The number of nitrogens with zero attached hydrogens (tertiary/aromatic N) is 5. The molecule has 0 aliphatic rings. The van der Waals surface area contributed by atoms with E-state index in [1.165, 1.54) is 76.9 Å². The zero-order chi connectivity index (χ0) is 28.1. The van der Waals surface area contributed by atoms with Crippen LogP contribution in [0.25, 0.3) is 11.4 Å². The van der Waals surface area contributed by atoms with Gasteiger partial charge in [0.2, 0.25) is 11.7 Å². The molecule has 202 valence electrons. The zero-order valence-corrected chi connectivity index (χ0v) is 21.6. The van der Waals surface area contributed by atoms with Gasteiger partial charge in [-0.3, -0.25) is 14.5 Å². The van der Waals surface area contributed by atoms with Gasteiger partial charge in [0.15, 0.2) is 0 Å². The molecule has 1 N–H and O–H groups in total. The molecule has 0 spiro atoms. The fourth-order valence-corrected chi connectivity index (χ4v) is 4.78. The minimum absolute atomic E-state index is 0.0953. The average Bonchev–Trinajstić information content (AvgIpc) is 3.65. The smallest absolute Gasteiger partial charge is 0.251 e. The summed E-state index contributed by atoms with van der Waals surface area (Å²) in [5.41, 5.74) is 1.45. The van der Waals surface area contributed by atoms with Crippen molar-refractivity contribution in [2.75, 3.05) is 4.90 Å². The highest BCUT2D eigenvalue weighted by Gasteiger charge is 2.34. The lowest BCUT2D eigenvalue weighted by Crippen LogP contribution is -2.45. The molecule has 1 atom stereocenters. The molecular weight excluding hydrogens is 541 g/mol. The van der Waals surface area contributed by atoms with Crippen LogP contribution in [0.15, 0.2) is 90.3 Å². The van der Waals surface area contributed by atoms with Gasteiger partial charge in [-0.25, -0.2) is 13.2 Å². The Morgan fingerprint density at radius 3 is 2.12 bits per heavy atom. The molecule has 0 aliphatic heterocycles. The number of aromatic nitrogens is 4. The summed E-state index contributed by atoms with van der Waals surface area (Å²) < 4.78 is 40.4. The molecule has 5 rings (SSSR count). The van der Waals surface area contributed by atoms with Crippen molar-refractivity contribution in [1.29, 1.82) is 0 Å². The number of anilines is 1. The maximum absolute atomic E-state index is 13.8. The number of carbonyl (C=O) groups excluding carboxylic acids is 2. The number of rotatable bonds is 9. The van der Waals surface area contributed by atoms with Gasteiger partial charge in [0.1, 0.15) is 30.0 Å². The minimum atomic E-state index is -1.11. The van der Waals surface area contributed by atoms with E-state index in [4.69, 9.17) is 0 Å². The van der Waals surface area contributed by atoms with Crippen molar-refractivity contribution in [3.05, 3.63) is 118 Å². The van der Waals surface area contributed by atoms with Gasteiger partial charge in [0.25, 0.3) is 5.91 Å². The van der Waals surface area contributed by atoms with Crippen LogP contribution < -0.4 is 10.2 Å². The first-order valence-corrected chi connectivity index (χ1v) is 12.9. The topological polar surface area (TPSA) is 93.0 Å². The molecule has 0 saturated heterocycles. The summed E-state index contributed by atoms with van der Waals surface area (Å²) >= 11 is 1.28.